The van der Waals surface area contributed by atoms with Crippen molar-refractivity contribution in [3.63, 3.8) is 0 Å². The highest BCUT2D eigenvalue weighted by atomic mass is 16.5. The van der Waals surface area contributed by atoms with Crippen molar-refractivity contribution in [2.45, 2.75) is 47.0 Å². The summed E-state index contributed by atoms with van der Waals surface area (Å²) in [7, 11) is 0. The summed E-state index contributed by atoms with van der Waals surface area (Å²) in [6.45, 7) is 9.51. The molecule has 0 aliphatic rings. The Morgan fingerprint density at radius 1 is 1.19 bits per heavy atom. The van der Waals surface area contributed by atoms with Gasteiger partial charge in [-0.05, 0) is 17.9 Å². The number of hydrogen-bond acceptors (Lipinski definition) is 3. The molecule has 0 heterocycles. The van der Waals surface area contributed by atoms with E-state index in [1.807, 2.05) is 58.9 Å². The minimum absolute atomic E-state index is 0.00220. The van der Waals surface area contributed by atoms with E-state index in [4.69, 9.17) is 5.21 Å². The van der Waals surface area contributed by atoms with E-state index in [0.29, 0.717) is 0 Å². The van der Waals surface area contributed by atoms with Crippen LogP contribution in [0.5, 0.6) is 0 Å². The lowest BCUT2D eigenvalue weighted by Gasteiger charge is -2.29. The normalized spacial score (nSPS) is 14.4. The van der Waals surface area contributed by atoms with E-state index in [-0.39, 0.29) is 18.1 Å². The second kappa shape index (κ2) is 6.85. The molecule has 1 rings (SSSR count). The van der Waals surface area contributed by atoms with Crippen LogP contribution < -0.4 is 5.48 Å². The molecule has 2 atom stereocenters. The number of carbonyl (C=O) groups excluding carboxylic acids is 2. The van der Waals surface area contributed by atoms with Gasteiger partial charge < -0.3 is 0 Å². The fourth-order valence-electron chi connectivity index (χ4n) is 2.29. The second-order valence-corrected chi connectivity index (χ2v) is 6.70. The van der Waals surface area contributed by atoms with Gasteiger partial charge in [-0.1, -0.05) is 57.5 Å². The maximum Gasteiger partial charge on any atom is 0.247 e. The van der Waals surface area contributed by atoms with Crippen LogP contribution in [0.25, 0.3) is 0 Å². The quantitative estimate of drug-likeness (QED) is 0.646. The summed E-state index contributed by atoms with van der Waals surface area (Å²) in [6.07, 6.45) is 0.116. The molecule has 0 bridgehead atoms. The number of Topliss-reactive ketones (excluding diaryl/α,β-unsaturated/α-hetero) is 1. The number of hydrogen-bond donors (Lipinski definition) is 2. The zero-order chi connectivity index (χ0) is 16.2. The maximum atomic E-state index is 12.4. The first-order valence-corrected chi connectivity index (χ1v) is 7.20. The Kier molecular flexibility index (Phi) is 5.67. The van der Waals surface area contributed by atoms with E-state index in [2.05, 4.69) is 0 Å². The topological polar surface area (TPSA) is 66.4 Å². The molecule has 2 unspecified atom stereocenters. The molecular formula is C17H25NO3. The summed E-state index contributed by atoms with van der Waals surface area (Å²) >= 11 is 0. The van der Waals surface area contributed by atoms with Crippen LogP contribution in [-0.4, -0.2) is 16.9 Å². The van der Waals surface area contributed by atoms with Crippen LogP contribution in [-0.2, 0) is 9.59 Å². The van der Waals surface area contributed by atoms with Crippen molar-refractivity contribution in [3.05, 3.63) is 35.4 Å². The van der Waals surface area contributed by atoms with E-state index in [1.54, 1.807) is 5.48 Å². The summed E-state index contributed by atoms with van der Waals surface area (Å²) in [5.74, 6) is -1.32. The Bertz CT molecular complexity index is 500. The molecular weight excluding hydrogens is 266 g/mol. The first-order chi connectivity index (χ1) is 9.66. The van der Waals surface area contributed by atoms with Crippen molar-refractivity contribution in [1.82, 2.24) is 5.48 Å². The zero-order valence-electron chi connectivity index (χ0n) is 13.4. The van der Waals surface area contributed by atoms with Gasteiger partial charge in [-0.15, -0.1) is 0 Å². The second-order valence-electron chi connectivity index (χ2n) is 6.70. The first-order valence-electron chi connectivity index (χ1n) is 7.20. The smallest absolute Gasteiger partial charge is 0.247 e. The Morgan fingerprint density at radius 3 is 2.14 bits per heavy atom. The highest BCUT2D eigenvalue weighted by Gasteiger charge is 2.34. The fraction of sp³-hybridized carbons (Fsp3) is 0.529. The SMILES string of the molecule is Cc1ccc(C(C)C(=O)CC(C(=O)NO)C(C)(C)C)cc1. The molecule has 21 heavy (non-hydrogen) atoms. The average molecular weight is 291 g/mol. The Labute approximate surface area is 126 Å². The van der Waals surface area contributed by atoms with Crippen molar-refractivity contribution >= 4 is 11.7 Å². The lowest BCUT2D eigenvalue weighted by atomic mass is 9.75. The van der Waals surface area contributed by atoms with Crippen LogP contribution >= 0.6 is 0 Å². The van der Waals surface area contributed by atoms with Gasteiger partial charge in [0.1, 0.15) is 5.78 Å². The number of amides is 1. The van der Waals surface area contributed by atoms with Gasteiger partial charge in [0.15, 0.2) is 0 Å². The van der Waals surface area contributed by atoms with E-state index in [1.165, 1.54) is 0 Å². The molecule has 0 saturated heterocycles. The van der Waals surface area contributed by atoms with Gasteiger partial charge in [-0.25, -0.2) is 5.48 Å². The van der Waals surface area contributed by atoms with Gasteiger partial charge in [0.05, 0.1) is 5.92 Å². The van der Waals surface area contributed by atoms with E-state index < -0.39 is 17.2 Å². The van der Waals surface area contributed by atoms with Gasteiger partial charge in [0, 0.05) is 12.3 Å². The molecule has 1 aromatic rings. The molecule has 0 fully saturated rings. The van der Waals surface area contributed by atoms with Crippen molar-refractivity contribution in [3.8, 4) is 0 Å². The van der Waals surface area contributed by atoms with Crippen molar-refractivity contribution in [2.75, 3.05) is 0 Å². The molecule has 0 saturated carbocycles. The molecule has 0 radical (unpaired) electrons. The lowest BCUT2D eigenvalue weighted by molar-refractivity contribution is -0.140. The Balaban J connectivity index is 2.86. The Hall–Kier alpha value is -1.68. The summed E-state index contributed by atoms with van der Waals surface area (Å²) in [4.78, 5) is 24.2. The van der Waals surface area contributed by atoms with Crippen molar-refractivity contribution in [1.29, 1.82) is 0 Å². The maximum absolute atomic E-state index is 12.4. The summed E-state index contributed by atoms with van der Waals surface area (Å²) in [5, 5.41) is 8.86. The van der Waals surface area contributed by atoms with E-state index >= 15 is 0 Å². The van der Waals surface area contributed by atoms with Gasteiger partial charge in [0.25, 0.3) is 0 Å². The van der Waals surface area contributed by atoms with Crippen LogP contribution in [0.4, 0.5) is 0 Å². The Morgan fingerprint density at radius 2 is 1.71 bits per heavy atom. The monoisotopic (exact) mass is 291 g/mol. The van der Waals surface area contributed by atoms with E-state index in [9.17, 15) is 9.59 Å². The predicted molar refractivity (Wildman–Crippen MR) is 82.1 cm³/mol. The summed E-state index contributed by atoms with van der Waals surface area (Å²) in [5.41, 5.74) is 3.37. The minimum atomic E-state index is -0.553. The number of carbonyl (C=O) groups is 2. The van der Waals surface area contributed by atoms with Gasteiger partial charge in [-0.2, -0.15) is 0 Å². The van der Waals surface area contributed by atoms with Crippen molar-refractivity contribution < 1.29 is 14.8 Å². The first kappa shape index (κ1) is 17.4. The van der Waals surface area contributed by atoms with E-state index in [0.717, 1.165) is 11.1 Å². The largest absolute Gasteiger partial charge is 0.299 e. The predicted octanol–water partition coefficient (Wildman–Crippen LogP) is 3.23. The fourth-order valence-corrected chi connectivity index (χ4v) is 2.29. The van der Waals surface area contributed by atoms with Crippen LogP contribution in [0.15, 0.2) is 24.3 Å². The molecule has 0 aliphatic heterocycles. The van der Waals surface area contributed by atoms with Gasteiger partial charge in [-0.3, -0.25) is 14.8 Å². The average Bonchev–Trinajstić information content (AvgIpc) is 2.42. The number of rotatable bonds is 5. The molecule has 0 aromatic heterocycles. The number of aryl methyl sites for hydroxylation is 1. The molecule has 0 spiro atoms. The van der Waals surface area contributed by atoms with Gasteiger partial charge in [0.2, 0.25) is 5.91 Å². The minimum Gasteiger partial charge on any atom is -0.299 e. The molecule has 1 amide bonds. The summed E-state index contributed by atoms with van der Waals surface area (Å²) in [6, 6.07) is 7.83. The third kappa shape index (κ3) is 4.67. The van der Waals surface area contributed by atoms with Crippen molar-refractivity contribution in [2.24, 2.45) is 11.3 Å². The highest BCUT2D eigenvalue weighted by Crippen LogP contribution is 2.31. The third-order valence-electron chi connectivity index (χ3n) is 3.94. The third-order valence-corrected chi connectivity index (χ3v) is 3.94. The van der Waals surface area contributed by atoms with Crippen LogP contribution in [0, 0.1) is 18.3 Å². The van der Waals surface area contributed by atoms with Crippen LogP contribution in [0.2, 0.25) is 0 Å². The number of nitrogens with one attached hydrogen (secondary N) is 1. The van der Waals surface area contributed by atoms with Crippen LogP contribution in [0.3, 0.4) is 0 Å². The molecule has 0 aliphatic carbocycles. The van der Waals surface area contributed by atoms with Crippen LogP contribution in [0.1, 0.15) is 51.2 Å². The molecule has 116 valence electrons. The summed E-state index contributed by atoms with van der Waals surface area (Å²) < 4.78 is 0. The number of ketones is 1. The van der Waals surface area contributed by atoms with Gasteiger partial charge >= 0.3 is 0 Å². The molecule has 1 aromatic carbocycles. The highest BCUT2D eigenvalue weighted by molar-refractivity contribution is 5.90. The molecule has 4 nitrogen and oxygen atoms in total. The zero-order valence-corrected chi connectivity index (χ0v) is 13.4. The lowest BCUT2D eigenvalue weighted by Crippen LogP contribution is -2.38. The number of benzene rings is 1. The number of hydroxylamine groups is 1. The molecule has 2 N–H and O–H groups in total. The molecule has 4 heteroatoms. The standard InChI is InChI=1S/C17H25NO3/c1-11-6-8-13(9-7-11)12(2)15(19)10-14(16(20)18-21)17(3,4)5/h6-9,12,14,21H,10H2,1-5H3,(H,18,20).